The second-order valence-corrected chi connectivity index (χ2v) is 6.33. The number of carbonyl (C=O) groups is 1. The van der Waals surface area contributed by atoms with Crippen molar-refractivity contribution in [2.45, 2.75) is 52.1 Å². The van der Waals surface area contributed by atoms with Gasteiger partial charge in [-0.15, -0.1) is 0 Å². The standard InChI is InChI=1S/C18H22FN3O/c1-12(2)20-18(23)16-15-9-4-3-5-10-22(15)17(21-16)13-7-6-8-14(19)11-13/h6-8,11-12H,3-5,9-10H2,1-2H3,(H,20,23). The van der Waals surface area contributed by atoms with Gasteiger partial charge in [-0.2, -0.15) is 0 Å². The van der Waals surface area contributed by atoms with Crippen LogP contribution < -0.4 is 5.32 Å². The van der Waals surface area contributed by atoms with Crippen LogP contribution in [0.4, 0.5) is 4.39 Å². The van der Waals surface area contributed by atoms with Crippen LogP contribution >= 0.6 is 0 Å². The first-order valence-corrected chi connectivity index (χ1v) is 8.22. The number of nitrogens with one attached hydrogen (secondary N) is 1. The minimum Gasteiger partial charge on any atom is -0.348 e. The van der Waals surface area contributed by atoms with Crippen LogP contribution in [0.2, 0.25) is 0 Å². The Kier molecular flexibility index (Phi) is 4.46. The summed E-state index contributed by atoms with van der Waals surface area (Å²) in [5.74, 6) is 0.255. The zero-order valence-corrected chi connectivity index (χ0v) is 13.6. The van der Waals surface area contributed by atoms with E-state index < -0.39 is 0 Å². The lowest BCUT2D eigenvalue weighted by Gasteiger charge is -2.10. The lowest BCUT2D eigenvalue weighted by Crippen LogP contribution is -2.31. The smallest absolute Gasteiger partial charge is 0.271 e. The van der Waals surface area contributed by atoms with Gasteiger partial charge in [0.25, 0.3) is 5.91 Å². The maximum absolute atomic E-state index is 13.6. The third kappa shape index (κ3) is 3.28. The number of aromatic nitrogens is 2. The van der Waals surface area contributed by atoms with E-state index in [1.165, 1.54) is 12.1 Å². The van der Waals surface area contributed by atoms with Crippen LogP contribution in [0.3, 0.4) is 0 Å². The van der Waals surface area contributed by atoms with Gasteiger partial charge in [-0.1, -0.05) is 18.6 Å². The summed E-state index contributed by atoms with van der Waals surface area (Å²) in [6.45, 7) is 4.68. The number of carbonyl (C=O) groups excluding carboxylic acids is 1. The van der Waals surface area contributed by atoms with Crippen LogP contribution in [0, 0.1) is 5.82 Å². The van der Waals surface area contributed by atoms with Gasteiger partial charge in [0.15, 0.2) is 0 Å². The number of hydrogen-bond donors (Lipinski definition) is 1. The highest BCUT2D eigenvalue weighted by Crippen LogP contribution is 2.27. The molecular weight excluding hydrogens is 293 g/mol. The summed E-state index contributed by atoms with van der Waals surface area (Å²) in [4.78, 5) is 17.1. The van der Waals surface area contributed by atoms with Gasteiger partial charge in [-0.3, -0.25) is 4.79 Å². The quantitative estimate of drug-likeness (QED) is 0.941. The Balaban J connectivity index is 2.09. The van der Waals surface area contributed by atoms with Crippen molar-refractivity contribution >= 4 is 5.91 Å². The molecule has 0 fully saturated rings. The van der Waals surface area contributed by atoms with E-state index in [4.69, 9.17) is 0 Å². The molecular formula is C18H22FN3O. The number of hydrogen-bond acceptors (Lipinski definition) is 2. The molecule has 122 valence electrons. The molecule has 2 heterocycles. The summed E-state index contributed by atoms with van der Waals surface area (Å²) < 4.78 is 15.7. The Morgan fingerprint density at radius 3 is 2.87 bits per heavy atom. The molecule has 1 amide bonds. The van der Waals surface area contributed by atoms with Gasteiger partial charge in [-0.25, -0.2) is 9.37 Å². The van der Waals surface area contributed by atoms with Gasteiger partial charge in [0.05, 0.1) is 5.69 Å². The minimum atomic E-state index is -0.290. The molecule has 0 saturated carbocycles. The van der Waals surface area contributed by atoms with Crippen LogP contribution in [0.25, 0.3) is 11.4 Å². The fourth-order valence-corrected chi connectivity index (χ4v) is 3.08. The number of nitrogens with zero attached hydrogens (tertiary/aromatic N) is 2. The Morgan fingerprint density at radius 1 is 1.30 bits per heavy atom. The minimum absolute atomic E-state index is 0.0586. The molecule has 1 aromatic heterocycles. The molecule has 0 unspecified atom stereocenters. The molecule has 3 rings (SSSR count). The topological polar surface area (TPSA) is 46.9 Å². The molecule has 0 bridgehead atoms. The molecule has 4 nitrogen and oxygen atoms in total. The lowest BCUT2D eigenvalue weighted by atomic mass is 10.1. The van der Waals surface area contributed by atoms with Crippen molar-refractivity contribution in [3.63, 3.8) is 0 Å². The van der Waals surface area contributed by atoms with Crippen molar-refractivity contribution in [2.75, 3.05) is 0 Å². The molecule has 2 aromatic rings. The highest BCUT2D eigenvalue weighted by molar-refractivity contribution is 5.94. The van der Waals surface area contributed by atoms with Crippen molar-refractivity contribution in [1.82, 2.24) is 14.9 Å². The second kappa shape index (κ2) is 6.52. The fraction of sp³-hybridized carbons (Fsp3) is 0.444. The molecule has 0 atom stereocenters. The van der Waals surface area contributed by atoms with Crippen LogP contribution in [-0.2, 0) is 13.0 Å². The van der Waals surface area contributed by atoms with Crippen molar-refractivity contribution in [3.8, 4) is 11.4 Å². The van der Waals surface area contributed by atoms with E-state index in [-0.39, 0.29) is 17.8 Å². The second-order valence-electron chi connectivity index (χ2n) is 6.33. The molecule has 0 aliphatic carbocycles. The number of rotatable bonds is 3. The van der Waals surface area contributed by atoms with Crippen molar-refractivity contribution < 1.29 is 9.18 Å². The molecule has 1 N–H and O–H groups in total. The fourth-order valence-electron chi connectivity index (χ4n) is 3.08. The SMILES string of the molecule is CC(C)NC(=O)c1nc(-c2cccc(F)c2)n2c1CCCCC2. The molecule has 0 spiro atoms. The summed E-state index contributed by atoms with van der Waals surface area (Å²) in [5.41, 5.74) is 2.18. The highest BCUT2D eigenvalue weighted by Gasteiger charge is 2.24. The average molecular weight is 315 g/mol. The van der Waals surface area contributed by atoms with Gasteiger partial charge in [0, 0.05) is 18.2 Å². The predicted molar refractivity (Wildman–Crippen MR) is 87.8 cm³/mol. The van der Waals surface area contributed by atoms with E-state index in [1.54, 1.807) is 6.07 Å². The van der Waals surface area contributed by atoms with E-state index in [9.17, 15) is 9.18 Å². The van der Waals surface area contributed by atoms with Gasteiger partial charge in [0.2, 0.25) is 0 Å². The number of halogens is 1. The number of amides is 1. The van der Waals surface area contributed by atoms with Crippen LogP contribution in [0.5, 0.6) is 0 Å². The molecule has 0 radical (unpaired) electrons. The zero-order valence-electron chi connectivity index (χ0n) is 13.6. The van der Waals surface area contributed by atoms with E-state index >= 15 is 0 Å². The maximum Gasteiger partial charge on any atom is 0.271 e. The molecule has 1 aliphatic rings. The average Bonchev–Trinajstić information content (AvgIpc) is 2.69. The lowest BCUT2D eigenvalue weighted by molar-refractivity contribution is 0.0937. The Bertz CT molecular complexity index is 721. The zero-order chi connectivity index (χ0) is 16.4. The van der Waals surface area contributed by atoms with Gasteiger partial charge in [-0.05, 0) is 45.2 Å². The summed E-state index contributed by atoms with van der Waals surface area (Å²) in [6.07, 6.45) is 4.08. The maximum atomic E-state index is 13.6. The van der Waals surface area contributed by atoms with Crippen LogP contribution in [0.1, 0.15) is 49.3 Å². The van der Waals surface area contributed by atoms with E-state index in [1.807, 2.05) is 19.9 Å². The van der Waals surface area contributed by atoms with E-state index in [2.05, 4.69) is 14.9 Å². The van der Waals surface area contributed by atoms with E-state index in [0.29, 0.717) is 11.5 Å². The Hall–Kier alpha value is -2.17. The largest absolute Gasteiger partial charge is 0.348 e. The number of benzene rings is 1. The molecule has 1 aromatic carbocycles. The first kappa shape index (κ1) is 15.7. The third-order valence-electron chi connectivity index (χ3n) is 4.09. The highest BCUT2D eigenvalue weighted by atomic mass is 19.1. The molecule has 23 heavy (non-hydrogen) atoms. The summed E-state index contributed by atoms with van der Waals surface area (Å²) in [7, 11) is 0. The predicted octanol–water partition coefficient (Wildman–Crippen LogP) is 3.55. The van der Waals surface area contributed by atoms with Gasteiger partial charge >= 0.3 is 0 Å². The third-order valence-corrected chi connectivity index (χ3v) is 4.09. The number of imidazole rings is 1. The monoisotopic (exact) mass is 315 g/mol. The first-order valence-electron chi connectivity index (χ1n) is 8.22. The Labute approximate surface area is 135 Å². The number of fused-ring (bicyclic) bond motifs is 1. The van der Waals surface area contributed by atoms with Gasteiger partial charge < -0.3 is 9.88 Å². The van der Waals surface area contributed by atoms with E-state index in [0.717, 1.165) is 43.5 Å². The van der Waals surface area contributed by atoms with Crippen LogP contribution in [-0.4, -0.2) is 21.5 Å². The molecule has 0 saturated heterocycles. The van der Waals surface area contributed by atoms with Crippen molar-refractivity contribution in [3.05, 3.63) is 41.5 Å². The van der Waals surface area contributed by atoms with Gasteiger partial charge in [0.1, 0.15) is 17.3 Å². The van der Waals surface area contributed by atoms with Crippen LogP contribution in [0.15, 0.2) is 24.3 Å². The first-order chi connectivity index (χ1) is 11.1. The summed E-state index contributed by atoms with van der Waals surface area (Å²) >= 11 is 0. The summed E-state index contributed by atoms with van der Waals surface area (Å²) in [5, 5.41) is 2.92. The van der Waals surface area contributed by atoms with Crippen molar-refractivity contribution in [1.29, 1.82) is 0 Å². The molecule has 5 heteroatoms. The molecule has 1 aliphatic heterocycles. The van der Waals surface area contributed by atoms with Crippen molar-refractivity contribution in [2.24, 2.45) is 0 Å². The Morgan fingerprint density at radius 2 is 2.13 bits per heavy atom. The normalized spacial score (nSPS) is 14.4. The summed E-state index contributed by atoms with van der Waals surface area (Å²) in [6, 6.07) is 6.47.